The van der Waals surface area contributed by atoms with Crippen molar-refractivity contribution >= 4 is 23.0 Å². The number of fused-ring (bicyclic) bond motifs is 1. The van der Waals surface area contributed by atoms with E-state index in [1.54, 1.807) is 7.11 Å². The summed E-state index contributed by atoms with van der Waals surface area (Å²) in [6, 6.07) is 11.7. The normalized spacial score (nSPS) is 10.8. The average Bonchev–Trinajstić information content (AvgIpc) is 2.37. The lowest BCUT2D eigenvalue weighted by atomic mass is 10.1. The Kier molecular flexibility index (Phi) is 3.57. The van der Waals surface area contributed by atoms with E-state index in [1.165, 1.54) is 13.1 Å². The first-order valence-electron chi connectivity index (χ1n) is 5.48. The lowest BCUT2D eigenvalue weighted by molar-refractivity contribution is -0.140. The smallest absolute Gasteiger partial charge is 0.331 e. The molecule has 2 aromatic rings. The SMILES string of the molecule is COc1ccc2cc(C=NOC(C)=O)ccc2c1. The fourth-order valence-electron chi connectivity index (χ4n) is 1.61. The van der Waals surface area contributed by atoms with Crippen LogP contribution in [0.25, 0.3) is 10.8 Å². The fraction of sp³-hybridized carbons (Fsp3) is 0.143. The molecule has 4 heteroatoms. The van der Waals surface area contributed by atoms with Gasteiger partial charge in [0.15, 0.2) is 0 Å². The molecule has 0 aliphatic rings. The molecular formula is C14H13NO3. The fourth-order valence-corrected chi connectivity index (χ4v) is 1.61. The average molecular weight is 243 g/mol. The second kappa shape index (κ2) is 5.31. The number of carbonyl (C=O) groups is 1. The second-order valence-corrected chi connectivity index (χ2v) is 3.79. The van der Waals surface area contributed by atoms with Crippen molar-refractivity contribution in [3.8, 4) is 5.75 Å². The molecule has 2 aromatic carbocycles. The Balaban J connectivity index is 2.27. The lowest BCUT2D eigenvalue weighted by Gasteiger charge is -2.03. The molecule has 4 nitrogen and oxygen atoms in total. The molecule has 92 valence electrons. The molecule has 0 amide bonds. The molecule has 0 heterocycles. The van der Waals surface area contributed by atoms with E-state index >= 15 is 0 Å². The minimum absolute atomic E-state index is 0.434. The Labute approximate surface area is 105 Å². The van der Waals surface area contributed by atoms with Crippen LogP contribution in [-0.4, -0.2) is 19.3 Å². The third kappa shape index (κ3) is 2.85. The number of methoxy groups -OCH3 is 1. The van der Waals surface area contributed by atoms with Gasteiger partial charge in [0.25, 0.3) is 0 Å². The van der Waals surface area contributed by atoms with Crippen LogP contribution in [0.15, 0.2) is 41.6 Å². The van der Waals surface area contributed by atoms with Gasteiger partial charge in [-0.1, -0.05) is 23.4 Å². The molecular weight excluding hydrogens is 230 g/mol. The van der Waals surface area contributed by atoms with Gasteiger partial charge < -0.3 is 9.57 Å². The van der Waals surface area contributed by atoms with Crippen LogP contribution in [0.1, 0.15) is 12.5 Å². The Bertz CT molecular complexity index is 605. The van der Waals surface area contributed by atoms with E-state index in [2.05, 4.69) is 9.99 Å². The first kappa shape index (κ1) is 12.1. The van der Waals surface area contributed by atoms with Crippen LogP contribution in [-0.2, 0) is 9.63 Å². The van der Waals surface area contributed by atoms with Gasteiger partial charge in [-0.2, -0.15) is 0 Å². The molecule has 0 aliphatic carbocycles. The van der Waals surface area contributed by atoms with Crippen molar-refractivity contribution in [3.05, 3.63) is 42.0 Å². The molecule has 0 aromatic heterocycles. The highest BCUT2D eigenvalue weighted by molar-refractivity contribution is 5.91. The Hall–Kier alpha value is -2.36. The molecule has 0 saturated carbocycles. The van der Waals surface area contributed by atoms with Crippen molar-refractivity contribution in [3.63, 3.8) is 0 Å². The summed E-state index contributed by atoms with van der Waals surface area (Å²) in [5.74, 6) is 0.389. The van der Waals surface area contributed by atoms with Gasteiger partial charge in [-0.25, -0.2) is 4.79 Å². The van der Waals surface area contributed by atoms with Crippen LogP contribution in [0.2, 0.25) is 0 Å². The molecule has 0 N–H and O–H groups in total. The molecule has 0 saturated heterocycles. The molecule has 0 bridgehead atoms. The van der Waals surface area contributed by atoms with E-state index < -0.39 is 5.97 Å². The summed E-state index contributed by atoms with van der Waals surface area (Å²) < 4.78 is 5.16. The minimum atomic E-state index is -0.434. The van der Waals surface area contributed by atoms with E-state index in [4.69, 9.17) is 4.74 Å². The first-order chi connectivity index (χ1) is 8.69. The van der Waals surface area contributed by atoms with Crippen LogP contribution < -0.4 is 4.74 Å². The van der Waals surface area contributed by atoms with Crippen molar-refractivity contribution in [2.45, 2.75) is 6.92 Å². The summed E-state index contributed by atoms with van der Waals surface area (Å²) in [5.41, 5.74) is 0.869. The van der Waals surface area contributed by atoms with Crippen LogP contribution in [0.3, 0.4) is 0 Å². The van der Waals surface area contributed by atoms with Gasteiger partial charge >= 0.3 is 5.97 Å². The van der Waals surface area contributed by atoms with Gasteiger partial charge in [-0.05, 0) is 34.5 Å². The lowest BCUT2D eigenvalue weighted by Crippen LogP contribution is -1.91. The number of ether oxygens (including phenoxy) is 1. The topological polar surface area (TPSA) is 47.9 Å². The van der Waals surface area contributed by atoms with E-state index in [0.29, 0.717) is 0 Å². The summed E-state index contributed by atoms with van der Waals surface area (Å²) in [6.07, 6.45) is 1.51. The van der Waals surface area contributed by atoms with Gasteiger partial charge in [0.2, 0.25) is 0 Å². The van der Waals surface area contributed by atoms with Crippen molar-refractivity contribution in [2.75, 3.05) is 7.11 Å². The predicted octanol–water partition coefficient (Wildman–Crippen LogP) is 2.75. The maximum atomic E-state index is 10.6. The summed E-state index contributed by atoms with van der Waals surface area (Å²) in [5, 5.41) is 5.74. The zero-order valence-electron chi connectivity index (χ0n) is 10.2. The quantitative estimate of drug-likeness (QED) is 0.473. The third-order valence-corrected chi connectivity index (χ3v) is 2.45. The van der Waals surface area contributed by atoms with E-state index in [1.807, 2.05) is 36.4 Å². The number of benzene rings is 2. The highest BCUT2D eigenvalue weighted by Crippen LogP contribution is 2.21. The number of nitrogens with zero attached hydrogens (tertiary/aromatic N) is 1. The van der Waals surface area contributed by atoms with E-state index in [0.717, 1.165) is 22.1 Å². The van der Waals surface area contributed by atoms with Crippen molar-refractivity contribution in [1.82, 2.24) is 0 Å². The highest BCUT2D eigenvalue weighted by atomic mass is 16.7. The molecule has 0 aliphatic heterocycles. The Morgan fingerprint density at radius 2 is 1.89 bits per heavy atom. The summed E-state index contributed by atoms with van der Waals surface area (Å²) >= 11 is 0. The summed E-state index contributed by atoms with van der Waals surface area (Å²) in [6.45, 7) is 1.31. The maximum absolute atomic E-state index is 10.6. The molecule has 18 heavy (non-hydrogen) atoms. The van der Waals surface area contributed by atoms with Crippen molar-refractivity contribution in [1.29, 1.82) is 0 Å². The minimum Gasteiger partial charge on any atom is -0.497 e. The Morgan fingerprint density at radius 1 is 1.17 bits per heavy atom. The largest absolute Gasteiger partial charge is 0.497 e. The second-order valence-electron chi connectivity index (χ2n) is 3.79. The van der Waals surface area contributed by atoms with Crippen LogP contribution >= 0.6 is 0 Å². The Morgan fingerprint density at radius 3 is 2.61 bits per heavy atom. The highest BCUT2D eigenvalue weighted by Gasteiger charge is 1.97. The standard InChI is InChI=1S/C14H13NO3/c1-10(16)18-15-9-11-3-4-13-8-14(17-2)6-5-12(13)7-11/h3-9H,1-2H3. The van der Waals surface area contributed by atoms with Gasteiger partial charge in [-0.3, -0.25) is 0 Å². The monoisotopic (exact) mass is 243 g/mol. The van der Waals surface area contributed by atoms with Gasteiger partial charge in [-0.15, -0.1) is 0 Å². The summed E-state index contributed by atoms with van der Waals surface area (Å²) in [4.78, 5) is 15.1. The van der Waals surface area contributed by atoms with Crippen molar-refractivity contribution < 1.29 is 14.4 Å². The van der Waals surface area contributed by atoms with Gasteiger partial charge in [0.05, 0.1) is 13.3 Å². The molecule has 0 unspecified atom stereocenters. The molecule has 0 radical (unpaired) electrons. The van der Waals surface area contributed by atoms with Crippen LogP contribution in [0, 0.1) is 0 Å². The maximum Gasteiger partial charge on any atom is 0.331 e. The molecule has 0 spiro atoms. The van der Waals surface area contributed by atoms with E-state index in [9.17, 15) is 4.79 Å². The van der Waals surface area contributed by atoms with E-state index in [-0.39, 0.29) is 0 Å². The number of oxime groups is 1. The van der Waals surface area contributed by atoms with Crippen molar-refractivity contribution in [2.24, 2.45) is 5.16 Å². The first-order valence-corrected chi connectivity index (χ1v) is 5.48. The van der Waals surface area contributed by atoms with Crippen LogP contribution in [0.4, 0.5) is 0 Å². The van der Waals surface area contributed by atoms with Gasteiger partial charge in [0.1, 0.15) is 5.75 Å². The third-order valence-electron chi connectivity index (χ3n) is 2.45. The zero-order valence-corrected chi connectivity index (χ0v) is 10.2. The number of hydrogen-bond acceptors (Lipinski definition) is 4. The number of carbonyl (C=O) groups excluding carboxylic acids is 1. The summed E-state index contributed by atoms with van der Waals surface area (Å²) in [7, 11) is 1.64. The van der Waals surface area contributed by atoms with Crippen LogP contribution in [0.5, 0.6) is 5.75 Å². The zero-order chi connectivity index (χ0) is 13.0. The van der Waals surface area contributed by atoms with Gasteiger partial charge in [0, 0.05) is 6.92 Å². The molecule has 2 rings (SSSR count). The number of rotatable bonds is 3. The molecule has 0 fully saturated rings. The predicted molar refractivity (Wildman–Crippen MR) is 69.9 cm³/mol. The molecule has 0 atom stereocenters. The number of hydrogen-bond donors (Lipinski definition) is 0.